The van der Waals surface area contributed by atoms with Crippen LogP contribution in [0.5, 0.6) is 0 Å². The van der Waals surface area contributed by atoms with E-state index in [0.717, 1.165) is 0 Å². The number of alkyl halides is 3. The van der Waals surface area contributed by atoms with Crippen molar-refractivity contribution < 1.29 is 13.2 Å². The van der Waals surface area contributed by atoms with Crippen molar-refractivity contribution >= 4 is 21.6 Å². The highest BCUT2D eigenvalue weighted by Gasteiger charge is 2.29. The molecule has 0 aromatic carbocycles. The van der Waals surface area contributed by atoms with Crippen LogP contribution in [-0.2, 0) is 6.54 Å². The molecule has 1 atom stereocenters. The molecule has 0 aliphatic heterocycles. The van der Waals surface area contributed by atoms with E-state index in [4.69, 9.17) is 5.73 Å². The van der Waals surface area contributed by atoms with E-state index in [1.165, 1.54) is 6.20 Å². The second kappa shape index (κ2) is 6.57. The van der Waals surface area contributed by atoms with Gasteiger partial charge in [-0.1, -0.05) is 13.8 Å². The molecule has 0 spiro atoms. The smallest absolute Gasteiger partial charge is 0.381 e. The summed E-state index contributed by atoms with van der Waals surface area (Å²) in [5, 5.41) is 6.39. The third-order valence-electron chi connectivity index (χ3n) is 2.70. The molecule has 0 saturated heterocycles. The Hall–Kier alpha value is -1.09. The van der Waals surface area contributed by atoms with Crippen molar-refractivity contribution in [2.75, 3.05) is 11.9 Å². The summed E-state index contributed by atoms with van der Waals surface area (Å²) in [6, 6.07) is -0.139. The third-order valence-corrected chi connectivity index (χ3v) is 3.46. The van der Waals surface area contributed by atoms with E-state index < -0.39 is 18.3 Å². The zero-order chi connectivity index (χ0) is 15.5. The highest BCUT2D eigenvalue weighted by molar-refractivity contribution is 9.10. The van der Waals surface area contributed by atoms with Crippen molar-refractivity contribution in [1.29, 1.82) is 0 Å². The predicted molar refractivity (Wildman–Crippen MR) is 73.6 cm³/mol. The summed E-state index contributed by atoms with van der Waals surface area (Å²) in [5.41, 5.74) is 5.32. The Morgan fingerprint density at radius 2 is 2.10 bits per heavy atom. The molecule has 0 aliphatic carbocycles. The van der Waals surface area contributed by atoms with Crippen LogP contribution >= 0.6 is 15.9 Å². The Kier molecular flexibility index (Phi) is 5.58. The summed E-state index contributed by atoms with van der Waals surface area (Å²) in [6.07, 6.45) is -3.32. The van der Waals surface area contributed by atoms with Gasteiger partial charge >= 0.3 is 6.18 Å². The van der Waals surface area contributed by atoms with Gasteiger partial charge < -0.3 is 11.1 Å². The lowest BCUT2D eigenvalue weighted by molar-refractivity contribution is -0.143. The molecule has 0 aliphatic rings. The van der Waals surface area contributed by atoms with Crippen LogP contribution in [0.3, 0.4) is 0 Å². The largest absolute Gasteiger partial charge is 0.408 e. The van der Waals surface area contributed by atoms with Gasteiger partial charge in [0.25, 0.3) is 5.56 Å². The normalized spacial score (nSPS) is 13.6. The van der Waals surface area contributed by atoms with Gasteiger partial charge in [-0.2, -0.15) is 18.3 Å². The van der Waals surface area contributed by atoms with Crippen LogP contribution in [0.1, 0.15) is 13.8 Å². The summed E-state index contributed by atoms with van der Waals surface area (Å²) in [4.78, 5) is 11.7. The first-order chi connectivity index (χ1) is 9.11. The SMILES string of the molecule is CC(C)C(N)CNc1cnn(CC(F)(F)F)c(=O)c1Br. The molecule has 1 aromatic heterocycles. The van der Waals surface area contributed by atoms with Crippen LogP contribution in [0.15, 0.2) is 15.5 Å². The van der Waals surface area contributed by atoms with E-state index >= 15 is 0 Å². The van der Waals surface area contributed by atoms with Crippen molar-refractivity contribution in [2.24, 2.45) is 11.7 Å². The molecule has 0 saturated carbocycles. The van der Waals surface area contributed by atoms with E-state index in [1.807, 2.05) is 13.8 Å². The number of aromatic nitrogens is 2. The number of hydrogen-bond acceptors (Lipinski definition) is 4. The van der Waals surface area contributed by atoms with Gasteiger partial charge in [-0.15, -0.1) is 0 Å². The van der Waals surface area contributed by atoms with E-state index in [-0.39, 0.29) is 16.4 Å². The van der Waals surface area contributed by atoms with E-state index in [9.17, 15) is 18.0 Å². The lowest BCUT2D eigenvalue weighted by Crippen LogP contribution is -2.35. The summed E-state index contributed by atoms with van der Waals surface area (Å²) in [5.74, 6) is 0.236. The molecule has 20 heavy (non-hydrogen) atoms. The van der Waals surface area contributed by atoms with E-state index in [1.54, 1.807) is 0 Å². The van der Waals surface area contributed by atoms with E-state index in [0.29, 0.717) is 16.9 Å². The molecule has 5 nitrogen and oxygen atoms in total. The molecule has 1 heterocycles. The topological polar surface area (TPSA) is 72.9 Å². The van der Waals surface area contributed by atoms with E-state index in [2.05, 4.69) is 26.3 Å². The number of anilines is 1. The van der Waals surface area contributed by atoms with Crippen molar-refractivity contribution in [3.8, 4) is 0 Å². The summed E-state index contributed by atoms with van der Waals surface area (Å²) in [7, 11) is 0. The second-order valence-corrected chi connectivity index (χ2v) is 5.53. The molecular formula is C11H16BrF3N4O. The van der Waals surface area contributed by atoms with Crippen LogP contribution in [-0.4, -0.2) is 28.5 Å². The molecule has 114 valence electrons. The maximum absolute atomic E-state index is 12.2. The zero-order valence-corrected chi connectivity index (χ0v) is 12.6. The number of nitrogens with two attached hydrogens (primary N) is 1. The highest BCUT2D eigenvalue weighted by Crippen LogP contribution is 2.19. The molecule has 1 rings (SSSR count). The first kappa shape index (κ1) is 17.0. The Balaban J connectivity index is 2.87. The van der Waals surface area contributed by atoms with Crippen LogP contribution in [0.2, 0.25) is 0 Å². The highest BCUT2D eigenvalue weighted by atomic mass is 79.9. The summed E-state index contributed by atoms with van der Waals surface area (Å²) >= 11 is 2.98. The molecule has 0 amide bonds. The number of nitrogens with one attached hydrogen (secondary N) is 1. The third kappa shape index (κ3) is 4.78. The molecule has 1 unspecified atom stereocenters. The van der Waals surface area contributed by atoms with Gasteiger partial charge in [-0.05, 0) is 21.8 Å². The number of halogens is 4. The van der Waals surface area contributed by atoms with Gasteiger partial charge in [0.1, 0.15) is 11.0 Å². The quantitative estimate of drug-likeness (QED) is 0.845. The average Bonchev–Trinajstić information content (AvgIpc) is 2.32. The van der Waals surface area contributed by atoms with Crippen LogP contribution in [0.25, 0.3) is 0 Å². The van der Waals surface area contributed by atoms with Crippen LogP contribution in [0, 0.1) is 5.92 Å². The number of rotatable bonds is 5. The zero-order valence-electron chi connectivity index (χ0n) is 11.0. The fourth-order valence-corrected chi connectivity index (χ4v) is 1.78. The molecule has 9 heteroatoms. The maximum atomic E-state index is 12.2. The fraction of sp³-hybridized carbons (Fsp3) is 0.636. The molecular weight excluding hydrogens is 341 g/mol. The molecule has 0 fully saturated rings. The number of hydrogen-bond donors (Lipinski definition) is 2. The Morgan fingerprint density at radius 1 is 1.50 bits per heavy atom. The first-order valence-corrected chi connectivity index (χ1v) is 6.73. The lowest BCUT2D eigenvalue weighted by Gasteiger charge is -2.17. The maximum Gasteiger partial charge on any atom is 0.408 e. The minimum atomic E-state index is -4.49. The first-order valence-electron chi connectivity index (χ1n) is 5.93. The predicted octanol–water partition coefficient (Wildman–Crippen LogP) is 1.96. The fourth-order valence-electron chi connectivity index (χ4n) is 1.33. The standard InChI is InChI=1S/C11H16BrF3N4O/c1-6(2)7(16)3-17-8-4-18-19(5-11(13,14)15)10(20)9(8)12/h4,6-7,17H,3,5,16H2,1-2H3. The van der Waals surface area contributed by atoms with Gasteiger partial charge in [-0.3, -0.25) is 4.79 Å². The van der Waals surface area contributed by atoms with Crippen LogP contribution in [0.4, 0.5) is 18.9 Å². The van der Waals surface area contributed by atoms with Gasteiger partial charge in [0.2, 0.25) is 0 Å². The van der Waals surface area contributed by atoms with Gasteiger partial charge in [0.05, 0.1) is 11.9 Å². The Morgan fingerprint density at radius 3 is 2.60 bits per heavy atom. The van der Waals surface area contributed by atoms with Crippen molar-refractivity contribution in [2.45, 2.75) is 32.6 Å². The molecule has 1 aromatic rings. The van der Waals surface area contributed by atoms with Gasteiger partial charge in [-0.25, -0.2) is 4.68 Å². The average molecular weight is 357 g/mol. The summed E-state index contributed by atoms with van der Waals surface area (Å²) in [6.45, 7) is 2.86. The van der Waals surface area contributed by atoms with Crippen molar-refractivity contribution in [3.05, 3.63) is 21.0 Å². The van der Waals surface area contributed by atoms with Gasteiger partial charge in [0, 0.05) is 12.6 Å². The Labute approximate surface area is 122 Å². The molecule has 0 radical (unpaired) electrons. The number of nitrogens with zero attached hydrogens (tertiary/aromatic N) is 2. The minimum absolute atomic E-state index is 0.00714. The molecule has 3 N–H and O–H groups in total. The summed E-state index contributed by atoms with van der Waals surface area (Å²) < 4.78 is 37.1. The molecule has 0 bridgehead atoms. The van der Waals surface area contributed by atoms with Crippen molar-refractivity contribution in [3.63, 3.8) is 0 Å². The lowest BCUT2D eigenvalue weighted by atomic mass is 10.1. The Bertz CT molecular complexity index is 515. The monoisotopic (exact) mass is 356 g/mol. The second-order valence-electron chi connectivity index (χ2n) is 4.74. The van der Waals surface area contributed by atoms with Crippen molar-refractivity contribution in [1.82, 2.24) is 9.78 Å². The minimum Gasteiger partial charge on any atom is -0.381 e. The van der Waals surface area contributed by atoms with Gasteiger partial charge in [0.15, 0.2) is 0 Å². The van der Waals surface area contributed by atoms with Crippen LogP contribution < -0.4 is 16.6 Å².